The maximum Gasteiger partial charge on any atom is 0.223 e. The Bertz CT molecular complexity index is 490. The molecule has 0 aliphatic carbocycles. The van der Waals surface area contributed by atoms with Crippen LogP contribution in [0.1, 0.15) is 0 Å². The predicted octanol–water partition coefficient (Wildman–Crippen LogP) is 0.815. The highest BCUT2D eigenvalue weighted by atomic mass is 16.1. The summed E-state index contributed by atoms with van der Waals surface area (Å²) in [6.07, 6.45) is 1.59. The van der Waals surface area contributed by atoms with Crippen molar-refractivity contribution in [3.05, 3.63) is 52.8 Å². The van der Waals surface area contributed by atoms with Gasteiger partial charge in [0.25, 0.3) is 0 Å². The second-order valence-corrected chi connectivity index (χ2v) is 2.85. The van der Waals surface area contributed by atoms with E-state index in [1.807, 2.05) is 30.3 Å². The van der Waals surface area contributed by atoms with E-state index in [2.05, 4.69) is 5.10 Å². The van der Waals surface area contributed by atoms with Gasteiger partial charge in [0.15, 0.2) is 5.82 Å². The zero-order chi connectivity index (χ0) is 9.97. The highest BCUT2D eigenvalue weighted by molar-refractivity contribution is 5.33. The summed E-state index contributed by atoms with van der Waals surface area (Å²) >= 11 is 0. The Morgan fingerprint density at radius 3 is 2.50 bits per heavy atom. The van der Waals surface area contributed by atoms with Crippen LogP contribution in [0.3, 0.4) is 0 Å². The summed E-state index contributed by atoms with van der Waals surface area (Å²) < 4.78 is 1.57. The van der Waals surface area contributed by atoms with E-state index in [0.717, 1.165) is 5.69 Å². The fourth-order valence-corrected chi connectivity index (χ4v) is 1.15. The zero-order valence-electron chi connectivity index (χ0n) is 7.42. The maximum absolute atomic E-state index is 11.0. The lowest BCUT2D eigenvalue weighted by atomic mass is 10.3. The van der Waals surface area contributed by atoms with E-state index >= 15 is 0 Å². The molecule has 0 atom stereocenters. The Balaban J connectivity index is 2.54. The predicted molar refractivity (Wildman–Crippen MR) is 54.2 cm³/mol. The third kappa shape index (κ3) is 1.50. The Kier molecular flexibility index (Phi) is 2.02. The second kappa shape index (κ2) is 3.33. The lowest BCUT2D eigenvalue weighted by Crippen LogP contribution is -2.14. The number of benzene rings is 1. The van der Waals surface area contributed by atoms with Crippen LogP contribution in [0.2, 0.25) is 0 Å². The zero-order valence-corrected chi connectivity index (χ0v) is 7.42. The van der Waals surface area contributed by atoms with Gasteiger partial charge in [0.05, 0.1) is 5.69 Å². The van der Waals surface area contributed by atoms with Gasteiger partial charge in [-0.3, -0.25) is 4.79 Å². The normalized spacial score (nSPS) is 10.0. The van der Waals surface area contributed by atoms with Crippen LogP contribution in [-0.2, 0) is 0 Å². The van der Waals surface area contributed by atoms with Crippen LogP contribution in [0.15, 0.2) is 47.4 Å². The van der Waals surface area contributed by atoms with Crippen LogP contribution in [0.4, 0.5) is 5.82 Å². The van der Waals surface area contributed by atoms with Crippen LogP contribution in [-0.4, -0.2) is 9.78 Å². The number of rotatable bonds is 1. The summed E-state index contributed by atoms with van der Waals surface area (Å²) in [5.41, 5.74) is 6.04. The van der Waals surface area contributed by atoms with Gasteiger partial charge < -0.3 is 5.73 Å². The highest BCUT2D eigenvalue weighted by Gasteiger charge is 1.97. The van der Waals surface area contributed by atoms with Crippen molar-refractivity contribution in [2.75, 3.05) is 5.73 Å². The molecule has 1 aromatic heterocycles. The van der Waals surface area contributed by atoms with E-state index in [1.165, 1.54) is 6.07 Å². The first-order valence-corrected chi connectivity index (χ1v) is 4.18. The summed E-state index contributed by atoms with van der Waals surface area (Å²) in [7, 11) is 0. The van der Waals surface area contributed by atoms with Crippen molar-refractivity contribution in [1.29, 1.82) is 0 Å². The molecule has 0 amide bonds. The largest absolute Gasteiger partial charge is 0.379 e. The molecular formula is C10H9N3O. The minimum atomic E-state index is -0.253. The Morgan fingerprint density at radius 1 is 1.14 bits per heavy atom. The molecule has 70 valence electrons. The first-order chi connectivity index (χ1) is 6.77. The second-order valence-electron chi connectivity index (χ2n) is 2.85. The van der Waals surface area contributed by atoms with Crippen LogP contribution in [0.25, 0.3) is 5.69 Å². The van der Waals surface area contributed by atoms with Crippen molar-refractivity contribution in [3.8, 4) is 5.69 Å². The number of nitrogens with zero attached hydrogens (tertiary/aromatic N) is 2. The van der Waals surface area contributed by atoms with Gasteiger partial charge in [0.1, 0.15) is 0 Å². The minimum absolute atomic E-state index is 0.0105. The number of anilines is 1. The van der Waals surface area contributed by atoms with Gasteiger partial charge >= 0.3 is 0 Å². The van der Waals surface area contributed by atoms with Gasteiger partial charge in [-0.1, -0.05) is 18.2 Å². The van der Waals surface area contributed by atoms with E-state index in [4.69, 9.17) is 5.73 Å². The van der Waals surface area contributed by atoms with Crippen molar-refractivity contribution >= 4 is 5.82 Å². The average Bonchev–Trinajstić information content (AvgIpc) is 2.23. The lowest BCUT2D eigenvalue weighted by Gasteiger charge is -2.04. The number of hydrogen-bond acceptors (Lipinski definition) is 3. The van der Waals surface area contributed by atoms with Gasteiger partial charge in [-0.15, -0.1) is 5.10 Å². The minimum Gasteiger partial charge on any atom is -0.379 e. The molecule has 0 saturated carbocycles. The first-order valence-electron chi connectivity index (χ1n) is 4.18. The molecule has 1 heterocycles. The topological polar surface area (TPSA) is 60.9 Å². The number of hydrogen-bond donors (Lipinski definition) is 1. The molecule has 2 rings (SSSR count). The molecule has 4 heteroatoms. The Labute approximate surface area is 80.6 Å². The average molecular weight is 187 g/mol. The van der Waals surface area contributed by atoms with Gasteiger partial charge in [-0.2, -0.15) is 0 Å². The molecule has 0 unspecified atom stereocenters. The lowest BCUT2D eigenvalue weighted by molar-refractivity contribution is 0.845. The fourth-order valence-electron chi connectivity index (χ4n) is 1.15. The summed E-state index contributed by atoms with van der Waals surface area (Å²) in [6, 6.07) is 10.9. The summed E-state index contributed by atoms with van der Waals surface area (Å²) in [5.74, 6) is 0.0105. The number of nitrogens with two attached hydrogens (primary N) is 1. The Hall–Kier alpha value is -2.10. The molecule has 0 saturated heterocycles. The van der Waals surface area contributed by atoms with Crippen LogP contribution in [0, 0.1) is 0 Å². The highest BCUT2D eigenvalue weighted by Crippen LogP contribution is 2.03. The van der Waals surface area contributed by atoms with E-state index in [0.29, 0.717) is 0 Å². The van der Waals surface area contributed by atoms with Crippen molar-refractivity contribution < 1.29 is 0 Å². The molecule has 2 aromatic rings. The molecule has 0 fully saturated rings. The van der Waals surface area contributed by atoms with E-state index in [-0.39, 0.29) is 11.2 Å². The van der Waals surface area contributed by atoms with Crippen LogP contribution < -0.4 is 11.2 Å². The Morgan fingerprint density at radius 2 is 1.86 bits per heavy atom. The van der Waals surface area contributed by atoms with Gasteiger partial charge in [-0.25, -0.2) is 4.68 Å². The van der Waals surface area contributed by atoms with Gasteiger partial charge in [-0.05, 0) is 12.1 Å². The van der Waals surface area contributed by atoms with Crippen LogP contribution in [0.5, 0.6) is 0 Å². The van der Waals surface area contributed by atoms with Crippen LogP contribution >= 0.6 is 0 Å². The molecule has 0 radical (unpaired) electrons. The number of nitrogen functional groups attached to an aromatic ring is 1. The maximum atomic E-state index is 11.0. The van der Waals surface area contributed by atoms with E-state index in [1.54, 1.807) is 10.9 Å². The smallest absolute Gasteiger partial charge is 0.223 e. The molecule has 0 spiro atoms. The van der Waals surface area contributed by atoms with Crippen molar-refractivity contribution in [3.63, 3.8) is 0 Å². The monoisotopic (exact) mass is 187 g/mol. The molecule has 0 bridgehead atoms. The molecule has 2 N–H and O–H groups in total. The van der Waals surface area contributed by atoms with E-state index in [9.17, 15) is 4.79 Å². The van der Waals surface area contributed by atoms with Gasteiger partial charge in [0.2, 0.25) is 5.43 Å². The summed E-state index contributed by atoms with van der Waals surface area (Å²) in [4.78, 5) is 11.0. The standard InChI is InChI=1S/C10H9N3O/c11-10-9(14)6-7-13(12-10)8-4-2-1-3-5-8/h1-7H,(H2,11,12). The van der Waals surface area contributed by atoms with Crippen molar-refractivity contribution in [2.45, 2.75) is 0 Å². The quantitative estimate of drug-likeness (QED) is 0.718. The number of aromatic nitrogens is 2. The molecular weight excluding hydrogens is 178 g/mol. The molecule has 0 aliphatic rings. The van der Waals surface area contributed by atoms with Gasteiger partial charge in [0, 0.05) is 12.3 Å². The molecule has 1 aromatic carbocycles. The molecule has 4 nitrogen and oxygen atoms in total. The number of para-hydroxylation sites is 1. The molecule has 0 aliphatic heterocycles. The molecule has 14 heavy (non-hydrogen) atoms. The fraction of sp³-hybridized carbons (Fsp3) is 0. The first kappa shape index (κ1) is 8.50. The van der Waals surface area contributed by atoms with Crippen molar-refractivity contribution in [2.24, 2.45) is 0 Å². The third-order valence-electron chi connectivity index (χ3n) is 1.86. The third-order valence-corrected chi connectivity index (χ3v) is 1.86. The van der Waals surface area contributed by atoms with Crippen molar-refractivity contribution in [1.82, 2.24) is 9.78 Å². The summed E-state index contributed by atoms with van der Waals surface area (Å²) in [5, 5.41) is 3.92. The SMILES string of the molecule is Nc1nn(-c2ccccc2)ccc1=O. The van der Waals surface area contributed by atoms with E-state index < -0.39 is 0 Å². The summed E-state index contributed by atoms with van der Waals surface area (Å²) in [6.45, 7) is 0.